The number of nitrogens with zero attached hydrogens (tertiary/aromatic N) is 2. The lowest BCUT2D eigenvalue weighted by Crippen LogP contribution is -2.35. The lowest BCUT2D eigenvalue weighted by atomic mass is 10.1. The minimum atomic E-state index is -0.487. The lowest BCUT2D eigenvalue weighted by molar-refractivity contribution is 0.0308. The topological polar surface area (TPSA) is 109 Å². The summed E-state index contributed by atoms with van der Waals surface area (Å²) in [6.07, 6.45) is 0. The number of hydrazone groups is 1. The first-order valence-electron chi connectivity index (χ1n) is 4.65. The van der Waals surface area contributed by atoms with Crippen molar-refractivity contribution in [3.05, 3.63) is 28.8 Å². The second-order valence-electron chi connectivity index (χ2n) is 3.13. The highest BCUT2D eigenvalue weighted by atomic mass is 35.5. The fourth-order valence-corrected chi connectivity index (χ4v) is 1.43. The molecule has 6 N–H and O–H groups in total. The molecule has 0 saturated heterocycles. The van der Waals surface area contributed by atoms with Crippen molar-refractivity contribution in [3.8, 4) is 0 Å². The molecule has 1 aromatic rings. The maximum absolute atomic E-state index is 8.59. The molecule has 0 aliphatic carbocycles. The van der Waals surface area contributed by atoms with Crippen LogP contribution in [0.3, 0.4) is 0 Å². The van der Waals surface area contributed by atoms with Gasteiger partial charge in [0, 0.05) is 17.6 Å². The van der Waals surface area contributed by atoms with Crippen LogP contribution in [0.25, 0.3) is 0 Å². The summed E-state index contributed by atoms with van der Waals surface area (Å²) in [7, 11) is 1.59. The summed E-state index contributed by atoms with van der Waals surface area (Å²) < 4.78 is 0. The number of benzene rings is 1. The standard InChI is InChI=1S/C9H14ClN5O2/c1-15(12)9(13-11)7-3-2-6(10)4-8(7)14-17-5-16/h2-4,14,16H,5,11-12H2,1H3/b13-9-. The van der Waals surface area contributed by atoms with E-state index in [4.69, 9.17) is 28.4 Å². The highest BCUT2D eigenvalue weighted by Gasteiger charge is 2.12. The van der Waals surface area contributed by atoms with Gasteiger partial charge in [0.05, 0.1) is 5.69 Å². The van der Waals surface area contributed by atoms with Crippen LogP contribution >= 0.6 is 11.6 Å². The van der Waals surface area contributed by atoms with E-state index in [-0.39, 0.29) is 0 Å². The van der Waals surface area contributed by atoms with Crippen molar-refractivity contribution < 1.29 is 9.94 Å². The average Bonchev–Trinajstić information content (AvgIpc) is 2.29. The molecule has 0 heterocycles. The van der Waals surface area contributed by atoms with Crippen molar-refractivity contribution in [2.24, 2.45) is 16.8 Å². The van der Waals surface area contributed by atoms with Crippen molar-refractivity contribution in [2.45, 2.75) is 0 Å². The Kier molecular flexibility index (Phi) is 4.98. The van der Waals surface area contributed by atoms with Gasteiger partial charge in [-0.2, -0.15) is 5.10 Å². The van der Waals surface area contributed by atoms with Crippen LogP contribution in [0, 0.1) is 0 Å². The number of amidine groups is 1. The van der Waals surface area contributed by atoms with E-state index in [0.29, 0.717) is 22.1 Å². The molecule has 0 atom stereocenters. The zero-order valence-corrected chi connectivity index (χ0v) is 9.98. The Morgan fingerprint density at radius 2 is 2.35 bits per heavy atom. The highest BCUT2D eigenvalue weighted by molar-refractivity contribution is 6.31. The number of hydrogen-bond acceptors (Lipinski definition) is 6. The quantitative estimate of drug-likeness (QED) is 0.200. The van der Waals surface area contributed by atoms with Gasteiger partial charge in [0.1, 0.15) is 0 Å². The van der Waals surface area contributed by atoms with Gasteiger partial charge in [0.2, 0.25) is 0 Å². The Bertz CT molecular complexity index is 410. The van der Waals surface area contributed by atoms with E-state index in [2.05, 4.69) is 15.4 Å². The molecule has 0 fully saturated rings. The largest absolute Gasteiger partial charge is 0.368 e. The number of hydrazine groups is 1. The molecule has 7 nitrogen and oxygen atoms in total. The van der Waals surface area contributed by atoms with Crippen LogP contribution in [0.4, 0.5) is 5.69 Å². The molecule has 0 aromatic heterocycles. The molecule has 0 bridgehead atoms. The van der Waals surface area contributed by atoms with E-state index in [1.165, 1.54) is 5.01 Å². The van der Waals surface area contributed by atoms with Gasteiger partial charge in [-0.05, 0) is 18.2 Å². The number of nitrogens with one attached hydrogen (secondary N) is 1. The van der Waals surface area contributed by atoms with Gasteiger partial charge in [-0.15, -0.1) is 0 Å². The van der Waals surface area contributed by atoms with Gasteiger partial charge in [0.25, 0.3) is 0 Å². The molecule has 17 heavy (non-hydrogen) atoms. The molecule has 0 amide bonds. The maximum Gasteiger partial charge on any atom is 0.171 e. The third-order valence-corrected chi connectivity index (χ3v) is 2.16. The first-order chi connectivity index (χ1) is 8.10. The van der Waals surface area contributed by atoms with Crippen LogP contribution in [-0.4, -0.2) is 29.8 Å². The first kappa shape index (κ1) is 13.5. The number of nitrogens with two attached hydrogens (primary N) is 2. The van der Waals surface area contributed by atoms with Crippen molar-refractivity contribution in [2.75, 3.05) is 19.3 Å². The van der Waals surface area contributed by atoms with Crippen LogP contribution in [0.15, 0.2) is 23.3 Å². The monoisotopic (exact) mass is 259 g/mol. The number of anilines is 1. The molecule has 1 rings (SSSR count). The minimum Gasteiger partial charge on any atom is -0.368 e. The van der Waals surface area contributed by atoms with Crippen LogP contribution in [0.2, 0.25) is 5.02 Å². The molecular weight excluding hydrogens is 246 g/mol. The normalized spacial score (nSPS) is 11.4. The molecule has 0 spiro atoms. The Morgan fingerprint density at radius 3 is 2.88 bits per heavy atom. The lowest BCUT2D eigenvalue weighted by Gasteiger charge is -2.17. The summed E-state index contributed by atoms with van der Waals surface area (Å²) in [5.41, 5.74) is 3.61. The number of rotatable bonds is 4. The molecule has 0 aliphatic rings. The summed E-state index contributed by atoms with van der Waals surface area (Å²) in [4.78, 5) is 4.68. The number of hydrogen-bond donors (Lipinski definition) is 4. The van der Waals surface area contributed by atoms with E-state index >= 15 is 0 Å². The maximum atomic E-state index is 8.59. The SMILES string of the molecule is CN(N)/C(=N\N)c1ccc(Cl)cc1NOCO. The number of aliphatic hydroxyl groups is 1. The minimum absolute atomic E-state index is 0.339. The van der Waals surface area contributed by atoms with Crippen LogP contribution < -0.4 is 17.2 Å². The summed E-state index contributed by atoms with van der Waals surface area (Å²) in [5.74, 6) is 11.2. The number of halogens is 1. The van der Waals surface area contributed by atoms with Crippen molar-refractivity contribution in [1.29, 1.82) is 0 Å². The summed E-state index contributed by atoms with van der Waals surface area (Å²) in [6.45, 7) is -0.487. The summed E-state index contributed by atoms with van der Waals surface area (Å²) in [6, 6.07) is 4.94. The van der Waals surface area contributed by atoms with E-state index in [0.717, 1.165) is 0 Å². The fraction of sp³-hybridized carbons (Fsp3) is 0.222. The highest BCUT2D eigenvalue weighted by Crippen LogP contribution is 2.22. The van der Waals surface area contributed by atoms with Crippen molar-refractivity contribution in [3.63, 3.8) is 0 Å². The van der Waals surface area contributed by atoms with Crippen LogP contribution in [0.1, 0.15) is 5.56 Å². The van der Waals surface area contributed by atoms with Gasteiger partial charge in [-0.3, -0.25) is 10.5 Å². The van der Waals surface area contributed by atoms with Gasteiger partial charge in [-0.1, -0.05) is 11.6 Å². The molecule has 0 unspecified atom stereocenters. The molecular formula is C9H14ClN5O2. The van der Waals surface area contributed by atoms with Gasteiger partial charge >= 0.3 is 0 Å². The molecule has 8 heteroatoms. The Morgan fingerprint density at radius 1 is 1.65 bits per heavy atom. The third-order valence-electron chi connectivity index (χ3n) is 1.93. The molecule has 1 aromatic carbocycles. The zero-order chi connectivity index (χ0) is 12.8. The molecule has 0 aliphatic heterocycles. The van der Waals surface area contributed by atoms with E-state index in [1.54, 1.807) is 25.2 Å². The smallest absolute Gasteiger partial charge is 0.171 e. The summed E-state index contributed by atoms with van der Waals surface area (Å²) >= 11 is 5.85. The predicted octanol–water partition coefficient (Wildman–Crippen LogP) is 0.0591. The van der Waals surface area contributed by atoms with Crippen LogP contribution in [-0.2, 0) is 4.84 Å². The van der Waals surface area contributed by atoms with E-state index < -0.39 is 6.79 Å². The second-order valence-corrected chi connectivity index (χ2v) is 3.57. The third kappa shape index (κ3) is 3.46. The van der Waals surface area contributed by atoms with E-state index in [1.807, 2.05) is 0 Å². The molecule has 0 radical (unpaired) electrons. The van der Waals surface area contributed by atoms with Gasteiger partial charge < -0.3 is 10.9 Å². The van der Waals surface area contributed by atoms with E-state index in [9.17, 15) is 0 Å². The first-order valence-corrected chi connectivity index (χ1v) is 5.02. The fourth-order valence-electron chi connectivity index (χ4n) is 1.26. The van der Waals surface area contributed by atoms with Crippen molar-refractivity contribution >= 4 is 23.1 Å². The molecule has 0 saturated carbocycles. The second kappa shape index (κ2) is 6.26. The predicted molar refractivity (Wildman–Crippen MR) is 65.9 cm³/mol. The molecule has 94 valence electrons. The number of aliphatic hydroxyl groups excluding tert-OH is 1. The Labute approximate surface area is 104 Å². The van der Waals surface area contributed by atoms with Gasteiger partial charge in [0.15, 0.2) is 12.6 Å². The van der Waals surface area contributed by atoms with Crippen LogP contribution in [0.5, 0.6) is 0 Å². The van der Waals surface area contributed by atoms with Gasteiger partial charge in [-0.25, -0.2) is 10.7 Å². The zero-order valence-electron chi connectivity index (χ0n) is 9.22. The Hall–Kier alpha value is -1.54. The van der Waals surface area contributed by atoms with Crippen molar-refractivity contribution in [1.82, 2.24) is 5.01 Å². The summed E-state index contributed by atoms with van der Waals surface area (Å²) in [5, 5.41) is 13.9. The average molecular weight is 260 g/mol. The Balaban J connectivity index is 3.13.